The molecule has 0 saturated heterocycles. The lowest BCUT2D eigenvalue weighted by Gasteiger charge is -2.09. The zero-order valence-electron chi connectivity index (χ0n) is 9.15. The first-order valence-electron chi connectivity index (χ1n) is 5.85. The Bertz CT molecular complexity index is 441. The smallest absolute Gasteiger partial charge is 0.143 e. The highest BCUT2D eigenvalue weighted by Crippen LogP contribution is 2.21. The first-order valence-corrected chi connectivity index (χ1v) is 6.67. The van der Waals surface area contributed by atoms with E-state index in [1.807, 2.05) is 18.3 Å². The fourth-order valence-electron chi connectivity index (χ4n) is 2.25. The summed E-state index contributed by atoms with van der Waals surface area (Å²) in [5.74, 6) is 0. The lowest BCUT2D eigenvalue weighted by molar-refractivity contribution is 0.523. The van der Waals surface area contributed by atoms with Crippen LogP contribution in [0.3, 0.4) is 0 Å². The van der Waals surface area contributed by atoms with Crippen LogP contribution in [0.15, 0.2) is 18.3 Å². The molecule has 84 valence electrons. The third-order valence-electron chi connectivity index (χ3n) is 3.11. The Morgan fingerprint density at radius 3 is 3.06 bits per heavy atom. The second-order valence-corrected chi connectivity index (χ2v) is 5.36. The number of aromatic nitrogens is 2. The van der Waals surface area contributed by atoms with Gasteiger partial charge in [0.2, 0.25) is 0 Å². The Morgan fingerprint density at radius 2 is 2.25 bits per heavy atom. The summed E-state index contributed by atoms with van der Waals surface area (Å²) >= 11 is 1.70. The highest BCUT2D eigenvalue weighted by molar-refractivity contribution is 7.18. The number of nitrogens with zero attached hydrogens (tertiary/aromatic N) is 2. The van der Waals surface area contributed by atoms with Crippen molar-refractivity contribution in [2.45, 2.75) is 38.3 Å². The normalized spacial score (nSPS) is 17.2. The van der Waals surface area contributed by atoms with Gasteiger partial charge in [-0.3, -0.25) is 0 Å². The summed E-state index contributed by atoms with van der Waals surface area (Å²) in [6.45, 7) is 0.895. The quantitative estimate of drug-likeness (QED) is 0.885. The van der Waals surface area contributed by atoms with E-state index >= 15 is 0 Å². The van der Waals surface area contributed by atoms with Gasteiger partial charge in [-0.25, -0.2) is 9.97 Å². The number of fused-ring (bicyclic) bond motifs is 1. The molecule has 16 heavy (non-hydrogen) atoms. The molecule has 0 aromatic carbocycles. The summed E-state index contributed by atoms with van der Waals surface area (Å²) in [6.07, 6.45) is 7.22. The van der Waals surface area contributed by atoms with E-state index in [2.05, 4.69) is 15.3 Å². The van der Waals surface area contributed by atoms with E-state index in [0.29, 0.717) is 6.04 Å². The van der Waals surface area contributed by atoms with Gasteiger partial charge < -0.3 is 5.32 Å². The number of thiazole rings is 1. The lowest BCUT2D eigenvalue weighted by Crippen LogP contribution is -2.25. The second kappa shape index (κ2) is 4.47. The van der Waals surface area contributed by atoms with Crippen molar-refractivity contribution in [3.8, 4) is 0 Å². The molecule has 4 heteroatoms. The zero-order chi connectivity index (χ0) is 10.8. The minimum absolute atomic E-state index is 0.708. The maximum absolute atomic E-state index is 4.57. The first-order chi connectivity index (χ1) is 7.92. The van der Waals surface area contributed by atoms with Crippen LogP contribution in [0.5, 0.6) is 0 Å². The van der Waals surface area contributed by atoms with Crippen LogP contribution in [0.1, 0.15) is 30.7 Å². The summed E-state index contributed by atoms with van der Waals surface area (Å²) in [4.78, 5) is 9.92. The molecule has 1 saturated carbocycles. The predicted molar refractivity (Wildman–Crippen MR) is 66.5 cm³/mol. The van der Waals surface area contributed by atoms with Gasteiger partial charge in [0.25, 0.3) is 0 Å². The van der Waals surface area contributed by atoms with Gasteiger partial charge in [-0.2, -0.15) is 0 Å². The average Bonchev–Trinajstić information content (AvgIpc) is 2.95. The Balaban J connectivity index is 1.69. The molecular weight excluding hydrogens is 218 g/mol. The van der Waals surface area contributed by atoms with Crippen molar-refractivity contribution in [1.82, 2.24) is 15.3 Å². The first kappa shape index (κ1) is 10.2. The van der Waals surface area contributed by atoms with Crippen LogP contribution in [0.25, 0.3) is 10.3 Å². The fourth-order valence-corrected chi connectivity index (χ4v) is 3.11. The van der Waals surface area contributed by atoms with E-state index in [0.717, 1.165) is 21.9 Å². The van der Waals surface area contributed by atoms with Gasteiger partial charge in [0.15, 0.2) is 0 Å². The molecule has 0 radical (unpaired) electrons. The molecule has 0 atom stereocenters. The molecule has 3 nitrogen and oxygen atoms in total. The van der Waals surface area contributed by atoms with Crippen molar-refractivity contribution < 1.29 is 0 Å². The largest absolute Gasteiger partial charge is 0.308 e. The number of rotatable bonds is 3. The molecule has 0 aliphatic heterocycles. The zero-order valence-corrected chi connectivity index (χ0v) is 9.96. The maximum atomic E-state index is 4.57. The van der Waals surface area contributed by atoms with Crippen molar-refractivity contribution in [2.75, 3.05) is 0 Å². The highest BCUT2D eigenvalue weighted by Gasteiger charge is 2.14. The molecule has 1 aliphatic carbocycles. The highest BCUT2D eigenvalue weighted by atomic mass is 32.1. The third kappa shape index (κ3) is 2.08. The Hall–Kier alpha value is -1.00. The molecule has 2 aromatic heterocycles. The standard InChI is InChI=1S/C12H15N3S/c1-2-5-9(4-1)14-8-11-15-10-6-3-7-13-12(10)16-11/h3,6-7,9,14H,1-2,4-5,8H2. The molecule has 1 fully saturated rings. The van der Waals surface area contributed by atoms with Crippen molar-refractivity contribution in [2.24, 2.45) is 0 Å². The van der Waals surface area contributed by atoms with E-state index < -0.39 is 0 Å². The number of hydrogen-bond donors (Lipinski definition) is 1. The van der Waals surface area contributed by atoms with Crippen LogP contribution in [0, 0.1) is 0 Å². The van der Waals surface area contributed by atoms with Crippen molar-refractivity contribution in [3.05, 3.63) is 23.3 Å². The van der Waals surface area contributed by atoms with Gasteiger partial charge in [-0.1, -0.05) is 24.2 Å². The van der Waals surface area contributed by atoms with Crippen LogP contribution in [-0.4, -0.2) is 16.0 Å². The fraction of sp³-hybridized carbons (Fsp3) is 0.500. The molecule has 1 aliphatic rings. The Morgan fingerprint density at radius 1 is 1.38 bits per heavy atom. The van der Waals surface area contributed by atoms with Gasteiger partial charge in [0.05, 0.1) is 0 Å². The minimum Gasteiger partial charge on any atom is -0.308 e. The van der Waals surface area contributed by atoms with E-state index in [4.69, 9.17) is 0 Å². The van der Waals surface area contributed by atoms with Crippen molar-refractivity contribution in [3.63, 3.8) is 0 Å². The molecule has 3 rings (SSSR count). The van der Waals surface area contributed by atoms with Gasteiger partial charge in [0.1, 0.15) is 15.4 Å². The second-order valence-electron chi connectivity index (χ2n) is 4.30. The molecule has 2 aromatic rings. The minimum atomic E-state index is 0.708. The Labute approximate surface area is 98.9 Å². The predicted octanol–water partition coefficient (Wildman–Crippen LogP) is 2.72. The molecule has 2 heterocycles. The summed E-state index contributed by atoms with van der Waals surface area (Å²) in [7, 11) is 0. The van der Waals surface area contributed by atoms with Crippen LogP contribution < -0.4 is 5.32 Å². The molecule has 0 bridgehead atoms. The number of nitrogens with one attached hydrogen (secondary N) is 1. The van der Waals surface area contributed by atoms with Gasteiger partial charge in [-0.05, 0) is 25.0 Å². The van der Waals surface area contributed by atoms with Gasteiger partial charge in [0, 0.05) is 18.8 Å². The monoisotopic (exact) mass is 233 g/mol. The van der Waals surface area contributed by atoms with E-state index in [9.17, 15) is 0 Å². The van der Waals surface area contributed by atoms with Crippen LogP contribution in [-0.2, 0) is 6.54 Å². The molecule has 0 unspecified atom stereocenters. The third-order valence-corrected chi connectivity index (χ3v) is 4.09. The van der Waals surface area contributed by atoms with Crippen LogP contribution in [0.4, 0.5) is 0 Å². The lowest BCUT2D eigenvalue weighted by atomic mass is 10.2. The summed E-state index contributed by atoms with van der Waals surface area (Å²) in [6, 6.07) is 4.67. The Kier molecular flexibility index (Phi) is 2.84. The SMILES string of the molecule is c1cnc2sc(CNC3CCCC3)nc2c1. The molecular formula is C12H15N3S. The average molecular weight is 233 g/mol. The summed E-state index contributed by atoms with van der Waals surface area (Å²) in [5.41, 5.74) is 1.02. The molecule has 0 amide bonds. The number of pyridine rings is 1. The maximum Gasteiger partial charge on any atom is 0.143 e. The van der Waals surface area contributed by atoms with E-state index in [1.165, 1.54) is 25.7 Å². The number of hydrogen-bond acceptors (Lipinski definition) is 4. The summed E-state index contributed by atoms with van der Waals surface area (Å²) < 4.78 is 0. The van der Waals surface area contributed by atoms with Gasteiger partial charge in [-0.15, -0.1) is 0 Å². The molecule has 1 N–H and O–H groups in total. The summed E-state index contributed by atoms with van der Waals surface area (Å²) in [5, 5.41) is 4.73. The molecule has 0 spiro atoms. The van der Waals surface area contributed by atoms with Crippen molar-refractivity contribution >= 4 is 21.7 Å². The van der Waals surface area contributed by atoms with E-state index in [1.54, 1.807) is 11.3 Å². The van der Waals surface area contributed by atoms with Gasteiger partial charge >= 0.3 is 0 Å². The topological polar surface area (TPSA) is 37.8 Å². The van der Waals surface area contributed by atoms with Crippen LogP contribution in [0.2, 0.25) is 0 Å². The van der Waals surface area contributed by atoms with E-state index in [-0.39, 0.29) is 0 Å². The van der Waals surface area contributed by atoms with Crippen molar-refractivity contribution in [1.29, 1.82) is 0 Å². The van der Waals surface area contributed by atoms with Crippen LogP contribution >= 0.6 is 11.3 Å².